The lowest BCUT2D eigenvalue weighted by Crippen LogP contribution is -2.51. The summed E-state index contributed by atoms with van der Waals surface area (Å²) in [5.74, 6) is 0.786. The summed E-state index contributed by atoms with van der Waals surface area (Å²) in [4.78, 5) is 28.2. The van der Waals surface area contributed by atoms with E-state index in [2.05, 4.69) is 0 Å². The zero-order valence-electron chi connectivity index (χ0n) is 15.9. The van der Waals surface area contributed by atoms with E-state index in [9.17, 15) is 9.59 Å². The topological polar surface area (TPSA) is 49.9 Å². The van der Waals surface area contributed by atoms with Crippen LogP contribution in [-0.4, -0.2) is 61.0 Å². The van der Waals surface area contributed by atoms with Gasteiger partial charge < -0.3 is 14.5 Å². The molecule has 1 spiro atoms. The molecule has 2 aliphatic rings. The zero-order chi connectivity index (χ0) is 18.6. The SMILES string of the molecule is CN(C)C(=O)CC1CCOC2(CCN(C(=O)Cc3ccccc3)CC2)C1. The fourth-order valence-electron chi connectivity index (χ4n) is 4.13. The van der Waals surface area contributed by atoms with Gasteiger partial charge in [0.1, 0.15) is 0 Å². The predicted octanol–water partition coefficient (Wildman–Crippen LogP) is 2.50. The zero-order valence-corrected chi connectivity index (χ0v) is 15.9. The molecule has 0 saturated carbocycles. The summed E-state index contributed by atoms with van der Waals surface area (Å²) in [6.45, 7) is 2.23. The lowest BCUT2D eigenvalue weighted by Gasteiger charge is -2.46. The summed E-state index contributed by atoms with van der Waals surface area (Å²) in [5.41, 5.74) is 0.924. The van der Waals surface area contributed by atoms with Gasteiger partial charge in [-0.2, -0.15) is 0 Å². The standard InChI is InChI=1S/C21H30N2O3/c1-22(2)19(24)15-18-8-13-26-21(16-18)9-11-23(12-10-21)20(25)14-17-6-4-3-5-7-17/h3-7,18H,8-16H2,1-2H3. The second-order valence-corrected chi connectivity index (χ2v) is 7.93. The molecule has 1 atom stereocenters. The second kappa shape index (κ2) is 8.21. The molecule has 0 aromatic heterocycles. The third kappa shape index (κ3) is 4.64. The predicted molar refractivity (Wildman–Crippen MR) is 101 cm³/mol. The van der Waals surface area contributed by atoms with Crippen LogP contribution >= 0.6 is 0 Å². The molecular formula is C21H30N2O3. The maximum Gasteiger partial charge on any atom is 0.226 e. The number of piperidine rings is 1. The number of hydrogen-bond donors (Lipinski definition) is 0. The van der Waals surface area contributed by atoms with Crippen molar-refractivity contribution in [1.82, 2.24) is 9.80 Å². The molecule has 1 unspecified atom stereocenters. The van der Waals surface area contributed by atoms with Gasteiger partial charge in [-0.05, 0) is 37.2 Å². The summed E-state index contributed by atoms with van der Waals surface area (Å²) in [6, 6.07) is 9.91. The molecule has 0 aliphatic carbocycles. The molecular weight excluding hydrogens is 328 g/mol. The molecule has 26 heavy (non-hydrogen) atoms. The maximum absolute atomic E-state index is 12.6. The maximum atomic E-state index is 12.6. The van der Waals surface area contributed by atoms with Crippen LogP contribution in [0.4, 0.5) is 0 Å². The van der Waals surface area contributed by atoms with Crippen molar-refractivity contribution in [3.63, 3.8) is 0 Å². The minimum atomic E-state index is -0.140. The van der Waals surface area contributed by atoms with E-state index in [1.165, 1.54) is 0 Å². The summed E-state index contributed by atoms with van der Waals surface area (Å²) >= 11 is 0. The van der Waals surface area contributed by atoms with Gasteiger partial charge in [0.25, 0.3) is 0 Å². The molecule has 2 saturated heterocycles. The van der Waals surface area contributed by atoms with Crippen LogP contribution in [0.5, 0.6) is 0 Å². The highest BCUT2D eigenvalue weighted by atomic mass is 16.5. The first-order valence-corrected chi connectivity index (χ1v) is 9.63. The average Bonchev–Trinajstić information content (AvgIpc) is 2.63. The number of amides is 2. The second-order valence-electron chi connectivity index (χ2n) is 7.93. The summed E-state index contributed by atoms with van der Waals surface area (Å²) < 4.78 is 6.16. The normalized spacial score (nSPS) is 22.2. The van der Waals surface area contributed by atoms with Gasteiger partial charge >= 0.3 is 0 Å². The first-order valence-electron chi connectivity index (χ1n) is 9.63. The van der Waals surface area contributed by atoms with Crippen LogP contribution < -0.4 is 0 Å². The molecule has 5 nitrogen and oxygen atoms in total. The van der Waals surface area contributed by atoms with Crippen molar-refractivity contribution in [3.8, 4) is 0 Å². The highest BCUT2D eigenvalue weighted by Gasteiger charge is 2.41. The quantitative estimate of drug-likeness (QED) is 0.831. The molecule has 2 aliphatic heterocycles. The van der Waals surface area contributed by atoms with Crippen molar-refractivity contribution >= 4 is 11.8 Å². The number of hydrogen-bond acceptors (Lipinski definition) is 3. The Labute approximate surface area is 156 Å². The molecule has 1 aromatic rings. The Hall–Kier alpha value is -1.88. The van der Waals surface area contributed by atoms with Crippen LogP contribution in [-0.2, 0) is 20.7 Å². The van der Waals surface area contributed by atoms with Gasteiger partial charge in [0, 0.05) is 40.2 Å². The smallest absolute Gasteiger partial charge is 0.226 e. The number of nitrogens with zero attached hydrogens (tertiary/aromatic N) is 2. The van der Waals surface area contributed by atoms with Gasteiger partial charge in [-0.3, -0.25) is 9.59 Å². The average molecular weight is 358 g/mol. The Kier molecular flexibility index (Phi) is 5.97. The number of carbonyl (C=O) groups is 2. The molecule has 0 radical (unpaired) electrons. The van der Waals surface area contributed by atoms with Crippen molar-refractivity contribution in [3.05, 3.63) is 35.9 Å². The summed E-state index contributed by atoms with van der Waals surface area (Å²) in [7, 11) is 3.63. The Morgan fingerprint density at radius 2 is 1.88 bits per heavy atom. The lowest BCUT2D eigenvalue weighted by atomic mass is 9.78. The van der Waals surface area contributed by atoms with Gasteiger partial charge in [0.15, 0.2) is 0 Å². The van der Waals surface area contributed by atoms with E-state index in [1.54, 1.807) is 4.90 Å². The number of carbonyl (C=O) groups excluding carboxylic acids is 2. The fraction of sp³-hybridized carbons (Fsp3) is 0.619. The van der Waals surface area contributed by atoms with Crippen LogP contribution in [0.2, 0.25) is 0 Å². The van der Waals surface area contributed by atoms with E-state index in [1.807, 2.05) is 49.3 Å². The molecule has 0 bridgehead atoms. The van der Waals surface area contributed by atoms with Gasteiger partial charge in [-0.25, -0.2) is 0 Å². The van der Waals surface area contributed by atoms with Crippen LogP contribution in [0.15, 0.2) is 30.3 Å². The van der Waals surface area contributed by atoms with Gasteiger partial charge in [-0.1, -0.05) is 30.3 Å². The van der Waals surface area contributed by atoms with Crippen LogP contribution in [0.1, 0.15) is 37.7 Å². The third-order valence-corrected chi connectivity index (χ3v) is 5.78. The minimum Gasteiger partial charge on any atom is -0.375 e. The largest absolute Gasteiger partial charge is 0.375 e. The van der Waals surface area contributed by atoms with E-state index in [0.29, 0.717) is 18.8 Å². The molecule has 2 fully saturated rings. The Balaban J connectivity index is 1.52. The first-order chi connectivity index (χ1) is 12.5. The first kappa shape index (κ1) is 18.9. The molecule has 2 amide bonds. The number of ether oxygens (including phenoxy) is 1. The Morgan fingerprint density at radius 1 is 1.19 bits per heavy atom. The third-order valence-electron chi connectivity index (χ3n) is 5.78. The van der Waals surface area contributed by atoms with Gasteiger partial charge in [0.2, 0.25) is 11.8 Å². The molecule has 142 valence electrons. The molecule has 5 heteroatoms. The minimum absolute atomic E-state index is 0.140. The monoisotopic (exact) mass is 358 g/mol. The van der Waals surface area contributed by atoms with Crippen molar-refractivity contribution < 1.29 is 14.3 Å². The van der Waals surface area contributed by atoms with E-state index < -0.39 is 0 Å². The van der Waals surface area contributed by atoms with Crippen LogP contribution in [0.3, 0.4) is 0 Å². The number of likely N-dealkylation sites (tertiary alicyclic amines) is 1. The molecule has 0 N–H and O–H groups in total. The van der Waals surface area contributed by atoms with Crippen molar-refractivity contribution in [2.24, 2.45) is 5.92 Å². The van der Waals surface area contributed by atoms with E-state index in [0.717, 1.165) is 50.9 Å². The van der Waals surface area contributed by atoms with E-state index >= 15 is 0 Å². The van der Waals surface area contributed by atoms with Gasteiger partial charge in [-0.15, -0.1) is 0 Å². The van der Waals surface area contributed by atoms with Crippen LogP contribution in [0.25, 0.3) is 0 Å². The lowest BCUT2D eigenvalue weighted by molar-refractivity contribution is -0.149. The Morgan fingerprint density at radius 3 is 2.54 bits per heavy atom. The van der Waals surface area contributed by atoms with E-state index in [-0.39, 0.29) is 17.4 Å². The number of rotatable bonds is 4. The summed E-state index contributed by atoms with van der Waals surface area (Å²) in [5, 5.41) is 0. The van der Waals surface area contributed by atoms with E-state index in [4.69, 9.17) is 4.74 Å². The molecule has 1 aromatic carbocycles. The molecule has 2 heterocycles. The number of benzene rings is 1. The molecule has 3 rings (SSSR count). The highest BCUT2D eigenvalue weighted by Crippen LogP contribution is 2.39. The van der Waals surface area contributed by atoms with Crippen molar-refractivity contribution in [2.45, 2.75) is 44.1 Å². The highest BCUT2D eigenvalue weighted by molar-refractivity contribution is 5.79. The Bertz CT molecular complexity index is 621. The van der Waals surface area contributed by atoms with Crippen LogP contribution in [0, 0.1) is 5.92 Å². The van der Waals surface area contributed by atoms with Crippen molar-refractivity contribution in [2.75, 3.05) is 33.8 Å². The fourth-order valence-corrected chi connectivity index (χ4v) is 4.13. The van der Waals surface area contributed by atoms with Crippen molar-refractivity contribution in [1.29, 1.82) is 0 Å². The van der Waals surface area contributed by atoms with Gasteiger partial charge in [0.05, 0.1) is 12.0 Å². The summed E-state index contributed by atoms with van der Waals surface area (Å²) in [6.07, 6.45) is 4.72.